The number of aromatic nitrogens is 2. The Balaban J connectivity index is 2.01. The van der Waals surface area contributed by atoms with Crippen molar-refractivity contribution in [3.8, 4) is 0 Å². The molecule has 8 heteroatoms. The van der Waals surface area contributed by atoms with Gasteiger partial charge in [-0.1, -0.05) is 12.1 Å². The van der Waals surface area contributed by atoms with E-state index in [0.717, 1.165) is 6.42 Å². The zero-order valence-corrected chi connectivity index (χ0v) is 12.0. The van der Waals surface area contributed by atoms with Crippen molar-refractivity contribution in [3.05, 3.63) is 11.7 Å². The van der Waals surface area contributed by atoms with E-state index >= 15 is 0 Å². The monoisotopic (exact) mass is 289 g/mol. The van der Waals surface area contributed by atoms with Gasteiger partial charge in [-0.15, -0.1) is 0 Å². The molecule has 2 heterocycles. The smallest absolute Gasteiger partial charge is 0.252 e. The van der Waals surface area contributed by atoms with Gasteiger partial charge in [-0.3, -0.25) is 0 Å². The van der Waals surface area contributed by atoms with Crippen molar-refractivity contribution in [1.82, 2.24) is 14.4 Å². The van der Waals surface area contributed by atoms with Crippen molar-refractivity contribution in [3.63, 3.8) is 0 Å². The molecule has 1 aliphatic rings. The second-order valence-corrected chi connectivity index (χ2v) is 6.73. The summed E-state index contributed by atoms with van der Waals surface area (Å²) in [7, 11) is -1.58. The lowest BCUT2D eigenvalue weighted by atomic mass is 10.1. The van der Waals surface area contributed by atoms with Crippen LogP contribution in [0.4, 0.5) is 0 Å². The van der Waals surface area contributed by atoms with Crippen molar-refractivity contribution in [2.45, 2.75) is 32.3 Å². The van der Waals surface area contributed by atoms with Gasteiger partial charge in [0.25, 0.3) is 5.89 Å². The molecule has 0 saturated carbocycles. The highest BCUT2D eigenvalue weighted by Crippen LogP contribution is 2.27. The third-order valence-electron chi connectivity index (χ3n) is 3.12. The first kappa shape index (κ1) is 14.4. The molecule has 1 fully saturated rings. The number of methoxy groups -OCH3 is 1. The second-order valence-electron chi connectivity index (χ2n) is 4.64. The van der Waals surface area contributed by atoms with Crippen LogP contribution in [0.1, 0.15) is 37.4 Å². The number of rotatable bonds is 6. The number of hydrogen-bond donors (Lipinski definition) is 0. The largest absolute Gasteiger partial charge is 0.375 e. The van der Waals surface area contributed by atoms with Crippen molar-refractivity contribution >= 4 is 10.0 Å². The maximum absolute atomic E-state index is 12.0. The molecule has 0 aliphatic carbocycles. The first-order valence-electron chi connectivity index (χ1n) is 6.36. The summed E-state index contributed by atoms with van der Waals surface area (Å²) < 4.78 is 35.4. The van der Waals surface area contributed by atoms with E-state index in [9.17, 15) is 8.42 Å². The second kappa shape index (κ2) is 5.98. The van der Waals surface area contributed by atoms with Gasteiger partial charge in [0.05, 0.1) is 5.75 Å². The Bertz CT molecular complexity index is 514. The van der Waals surface area contributed by atoms with E-state index in [1.165, 1.54) is 4.31 Å². The molecule has 0 amide bonds. The van der Waals surface area contributed by atoms with Gasteiger partial charge in [0.15, 0.2) is 5.82 Å². The molecule has 2 rings (SSSR count). The fourth-order valence-electron chi connectivity index (χ4n) is 2.19. The zero-order valence-electron chi connectivity index (χ0n) is 11.2. The SMILES string of the molecule is CCCS(=O)(=O)N1CCC(c2noc(COC)n2)C1. The molecule has 1 aromatic rings. The van der Waals surface area contributed by atoms with Gasteiger partial charge in [-0.05, 0) is 12.8 Å². The van der Waals surface area contributed by atoms with Gasteiger partial charge in [0, 0.05) is 26.1 Å². The van der Waals surface area contributed by atoms with Crippen LogP contribution in [0.3, 0.4) is 0 Å². The molecule has 0 N–H and O–H groups in total. The molecule has 1 saturated heterocycles. The lowest BCUT2D eigenvalue weighted by Gasteiger charge is -2.14. The van der Waals surface area contributed by atoms with E-state index in [0.29, 0.717) is 31.2 Å². The average molecular weight is 289 g/mol. The van der Waals surface area contributed by atoms with Crippen molar-refractivity contribution < 1.29 is 17.7 Å². The topological polar surface area (TPSA) is 85.5 Å². The van der Waals surface area contributed by atoms with Crippen LogP contribution in [0.25, 0.3) is 0 Å². The lowest BCUT2D eigenvalue weighted by molar-refractivity contribution is 0.151. The molecule has 19 heavy (non-hydrogen) atoms. The van der Waals surface area contributed by atoms with Crippen LogP contribution in [0.5, 0.6) is 0 Å². The Morgan fingerprint density at radius 2 is 2.32 bits per heavy atom. The molecule has 1 atom stereocenters. The Morgan fingerprint density at radius 1 is 1.53 bits per heavy atom. The van der Waals surface area contributed by atoms with Crippen LogP contribution >= 0.6 is 0 Å². The molecule has 0 bridgehead atoms. The van der Waals surface area contributed by atoms with Crippen LogP contribution in [-0.4, -0.2) is 48.8 Å². The third-order valence-corrected chi connectivity index (χ3v) is 5.17. The fourth-order valence-corrected chi connectivity index (χ4v) is 3.76. The van der Waals surface area contributed by atoms with Gasteiger partial charge >= 0.3 is 0 Å². The minimum absolute atomic E-state index is 0.0148. The third kappa shape index (κ3) is 3.31. The summed E-state index contributed by atoms with van der Waals surface area (Å²) in [6.07, 6.45) is 1.36. The van der Waals surface area contributed by atoms with E-state index in [-0.39, 0.29) is 18.3 Å². The first-order valence-corrected chi connectivity index (χ1v) is 7.97. The van der Waals surface area contributed by atoms with Crippen LogP contribution in [0.15, 0.2) is 4.52 Å². The van der Waals surface area contributed by atoms with E-state index in [4.69, 9.17) is 9.26 Å². The molecule has 1 unspecified atom stereocenters. The Kier molecular flexibility index (Phi) is 4.54. The van der Waals surface area contributed by atoms with E-state index < -0.39 is 10.0 Å². The predicted molar refractivity (Wildman–Crippen MR) is 68.0 cm³/mol. The van der Waals surface area contributed by atoms with E-state index in [2.05, 4.69) is 10.1 Å². The molecule has 108 valence electrons. The minimum Gasteiger partial charge on any atom is -0.375 e. The normalized spacial score (nSPS) is 21.1. The summed E-state index contributed by atoms with van der Waals surface area (Å²) in [5.41, 5.74) is 0. The number of ether oxygens (including phenoxy) is 1. The fraction of sp³-hybridized carbons (Fsp3) is 0.818. The predicted octanol–water partition coefficient (Wildman–Crippen LogP) is 0.745. The quantitative estimate of drug-likeness (QED) is 0.768. The summed E-state index contributed by atoms with van der Waals surface area (Å²) in [4.78, 5) is 4.22. The molecule has 7 nitrogen and oxygen atoms in total. The van der Waals surface area contributed by atoms with Crippen LogP contribution in [0.2, 0.25) is 0 Å². The Morgan fingerprint density at radius 3 is 3.00 bits per heavy atom. The van der Waals surface area contributed by atoms with E-state index in [1.807, 2.05) is 6.92 Å². The molecular weight excluding hydrogens is 270 g/mol. The van der Waals surface area contributed by atoms with Gasteiger partial charge < -0.3 is 9.26 Å². The zero-order chi connectivity index (χ0) is 13.9. The summed E-state index contributed by atoms with van der Waals surface area (Å²) in [6, 6.07) is 0. The highest BCUT2D eigenvalue weighted by Gasteiger charge is 2.33. The molecule has 0 aromatic carbocycles. The standard InChI is InChI=1S/C11H19N3O4S/c1-3-6-19(15,16)14-5-4-9(7-14)11-12-10(8-17-2)18-13-11/h9H,3-8H2,1-2H3. The number of sulfonamides is 1. The number of hydrogen-bond acceptors (Lipinski definition) is 6. The molecule has 0 spiro atoms. The van der Waals surface area contributed by atoms with Gasteiger partial charge in [0.2, 0.25) is 10.0 Å². The average Bonchev–Trinajstić information content (AvgIpc) is 2.96. The maximum atomic E-state index is 12.0. The van der Waals surface area contributed by atoms with Crippen LogP contribution < -0.4 is 0 Å². The molecule has 1 aromatic heterocycles. The first-order chi connectivity index (χ1) is 9.06. The summed E-state index contributed by atoms with van der Waals surface area (Å²) in [5, 5.41) is 3.89. The van der Waals surface area contributed by atoms with Crippen molar-refractivity contribution in [1.29, 1.82) is 0 Å². The van der Waals surface area contributed by atoms with Gasteiger partial charge in [-0.25, -0.2) is 12.7 Å². The molecular formula is C11H19N3O4S. The Labute approximate surface area is 113 Å². The van der Waals surface area contributed by atoms with Gasteiger partial charge in [0.1, 0.15) is 6.61 Å². The summed E-state index contributed by atoms with van der Waals surface area (Å²) >= 11 is 0. The van der Waals surface area contributed by atoms with E-state index in [1.54, 1.807) is 7.11 Å². The highest BCUT2D eigenvalue weighted by molar-refractivity contribution is 7.89. The Hall–Kier alpha value is -0.990. The van der Waals surface area contributed by atoms with Gasteiger partial charge in [-0.2, -0.15) is 4.98 Å². The summed E-state index contributed by atoms with van der Waals surface area (Å²) in [5.74, 6) is 1.20. The maximum Gasteiger partial charge on any atom is 0.252 e. The van der Waals surface area contributed by atoms with Crippen LogP contribution in [-0.2, 0) is 21.4 Å². The highest BCUT2D eigenvalue weighted by atomic mass is 32.2. The van der Waals surface area contributed by atoms with Crippen LogP contribution in [0, 0.1) is 0 Å². The minimum atomic E-state index is -3.13. The molecule has 1 aliphatic heterocycles. The summed E-state index contributed by atoms with van der Waals surface area (Å²) in [6.45, 7) is 3.11. The molecule has 0 radical (unpaired) electrons. The lowest BCUT2D eigenvalue weighted by Crippen LogP contribution is -2.30. The van der Waals surface area contributed by atoms with Crippen molar-refractivity contribution in [2.24, 2.45) is 0 Å². The number of nitrogens with zero attached hydrogens (tertiary/aromatic N) is 3. The van der Waals surface area contributed by atoms with Crippen molar-refractivity contribution in [2.75, 3.05) is 26.0 Å².